The van der Waals surface area contributed by atoms with Crippen molar-refractivity contribution in [2.24, 2.45) is 0 Å². The van der Waals surface area contributed by atoms with Crippen LogP contribution in [-0.4, -0.2) is 25.3 Å². The Kier molecular flexibility index (Phi) is 4.15. The van der Waals surface area contributed by atoms with Crippen molar-refractivity contribution in [3.63, 3.8) is 0 Å². The van der Waals surface area contributed by atoms with Crippen LogP contribution in [0.5, 0.6) is 11.5 Å². The molecule has 0 aliphatic heterocycles. The maximum atomic E-state index is 10.9. The summed E-state index contributed by atoms with van der Waals surface area (Å²) in [6.07, 6.45) is 0.742. The van der Waals surface area contributed by atoms with Crippen LogP contribution in [0.3, 0.4) is 0 Å². The molecule has 92 valence electrons. The van der Waals surface area contributed by atoms with Crippen LogP contribution in [-0.2, 0) is 11.2 Å². The van der Waals surface area contributed by atoms with Gasteiger partial charge in [-0.3, -0.25) is 0 Å². The molecule has 4 heteroatoms. The lowest BCUT2D eigenvalue weighted by atomic mass is 10.0. The van der Waals surface area contributed by atoms with E-state index >= 15 is 0 Å². The zero-order valence-electron chi connectivity index (χ0n) is 10.2. The Labute approximate surface area is 100 Å². The molecule has 0 fully saturated rings. The molecule has 0 aliphatic carbocycles. The maximum absolute atomic E-state index is 10.9. The third-order valence-electron chi connectivity index (χ3n) is 2.57. The van der Waals surface area contributed by atoms with Crippen molar-refractivity contribution in [3.8, 4) is 11.5 Å². The van der Waals surface area contributed by atoms with E-state index < -0.39 is 5.97 Å². The zero-order chi connectivity index (χ0) is 13.0. The first-order chi connectivity index (χ1) is 8.04. The number of carboxylic acids is 1. The van der Waals surface area contributed by atoms with Crippen LogP contribution >= 0.6 is 0 Å². The van der Waals surface area contributed by atoms with Gasteiger partial charge >= 0.3 is 5.97 Å². The van der Waals surface area contributed by atoms with Crippen LogP contribution in [0.1, 0.15) is 18.1 Å². The van der Waals surface area contributed by atoms with E-state index in [1.54, 1.807) is 26.4 Å². The van der Waals surface area contributed by atoms with Crippen LogP contribution in [0, 0.1) is 0 Å². The fourth-order valence-corrected chi connectivity index (χ4v) is 1.63. The van der Waals surface area contributed by atoms with Gasteiger partial charge in [0.1, 0.15) is 11.5 Å². The van der Waals surface area contributed by atoms with Gasteiger partial charge < -0.3 is 14.6 Å². The molecular weight excluding hydrogens is 220 g/mol. The highest BCUT2D eigenvalue weighted by atomic mass is 16.5. The Balaban J connectivity index is 3.37. The lowest BCUT2D eigenvalue weighted by molar-refractivity contribution is -0.130. The summed E-state index contributed by atoms with van der Waals surface area (Å²) in [7, 11) is 3.09. The van der Waals surface area contributed by atoms with Gasteiger partial charge in [-0.15, -0.1) is 0 Å². The highest BCUT2D eigenvalue weighted by Crippen LogP contribution is 2.33. The summed E-state index contributed by atoms with van der Waals surface area (Å²) in [5.41, 5.74) is 1.42. The van der Waals surface area contributed by atoms with Gasteiger partial charge in [-0.1, -0.05) is 13.5 Å². The molecule has 0 bridgehead atoms. The van der Waals surface area contributed by atoms with Gasteiger partial charge in [0.15, 0.2) is 0 Å². The van der Waals surface area contributed by atoms with Crippen molar-refractivity contribution in [1.29, 1.82) is 0 Å². The standard InChI is InChI=1S/C13H16O4/c1-5-10-11(16-3)6-9(7-12(10)17-4)8(2)13(14)15/h6-7H,2,5H2,1,3-4H3,(H,14,15). The molecule has 0 spiro atoms. The second kappa shape index (κ2) is 5.39. The number of aliphatic carboxylic acids is 1. The fourth-order valence-electron chi connectivity index (χ4n) is 1.63. The van der Waals surface area contributed by atoms with Gasteiger partial charge in [0.05, 0.1) is 19.8 Å². The van der Waals surface area contributed by atoms with Crippen molar-refractivity contribution < 1.29 is 19.4 Å². The minimum atomic E-state index is -1.06. The molecule has 1 N–H and O–H groups in total. The molecule has 0 saturated carbocycles. The first-order valence-electron chi connectivity index (χ1n) is 5.22. The molecular formula is C13H16O4. The number of carbonyl (C=O) groups is 1. The van der Waals surface area contributed by atoms with E-state index in [2.05, 4.69) is 6.58 Å². The Morgan fingerprint density at radius 1 is 1.29 bits per heavy atom. The molecule has 1 aromatic carbocycles. The topological polar surface area (TPSA) is 55.8 Å². The zero-order valence-corrected chi connectivity index (χ0v) is 10.2. The number of ether oxygens (including phenoxy) is 2. The summed E-state index contributed by atoms with van der Waals surface area (Å²) in [4.78, 5) is 10.9. The molecule has 17 heavy (non-hydrogen) atoms. The number of rotatable bonds is 5. The summed E-state index contributed by atoms with van der Waals surface area (Å²) in [5, 5.41) is 8.91. The highest BCUT2D eigenvalue weighted by Gasteiger charge is 2.15. The first-order valence-corrected chi connectivity index (χ1v) is 5.22. The van der Waals surface area contributed by atoms with Crippen LogP contribution in [0.4, 0.5) is 0 Å². The molecule has 0 aliphatic rings. The Hall–Kier alpha value is -1.97. The van der Waals surface area contributed by atoms with E-state index in [1.807, 2.05) is 6.92 Å². The number of carboxylic acid groups (broad SMARTS) is 1. The number of hydrogen-bond acceptors (Lipinski definition) is 3. The largest absolute Gasteiger partial charge is 0.496 e. The number of hydrogen-bond donors (Lipinski definition) is 1. The third kappa shape index (κ3) is 2.58. The predicted octanol–water partition coefficient (Wildman–Crippen LogP) is 2.36. The van der Waals surface area contributed by atoms with Gasteiger partial charge in [-0.2, -0.15) is 0 Å². The summed E-state index contributed by atoms with van der Waals surface area (Å²) in [6, 6.07) is 3.33. The molecule has 0 atom stereocenters. The molecule has 0 aromatic heterocycles. The molecule has 0 unspecified atom stereocenters. The Morgan fingerprint density at radius 3 is 2.06 bits per heavy atom. The average molecular weight is 236 g/mol. The fraction of sp³-hybridized carbons (Fsp3) is 0.308. The minimum Gasteiger partial charge on any atom is -0.496 e. The molecule has 1 aromatic rings. The lowest BCUT2D eigenvalue weighted by Crippen LogP contribution is -2.02. The van der Waals surface area contributed by atoms with Gasteiger partial charge in [-0.25, -0.2) is 4.79 Å². The summed E-state index contributed by atoms with van der Waals surface area (Å²) < 4.78 is 10.5. The van der Waals surface area contributed by atoms with Crippen molar-refractivity contribution in [2.45, 2.75) is 13.3 Å². The van der Waals surface area contributed by atoms with E-state index in [1.165, 1.54) is 0 Å². The van der Waals surface area contributed by atoms with Crippen molar-refractivity contribution in [2.75, 3.05) is 14.2 Å². The smallest absolute Gasteiger partial charge is 0.335 e. The highest BCUT2D eigenvalue weighted by molar-refractivity contribution is 6.14. The van der Waals surface area contributed by atoms with Crippen LogP contribution in [0.2, 0.25) is 0 Å². The summed E-state index contributed by atoms with van der Waals surface area (Å²) >= 11 is 0. The quantitative estimate of drug-likeness (QED) is 0.797. The average Bonchev–Trinajstić information content (AvgIpc) is 2.35. The van der Waals surface area contributed by atoms with E-state index in [0.29, 0.717) is 17.1 Å². The predicted molar refractivity (Wildman–Crippen MR) is 65.6 cm³/mol. The summed E-state index contributed by atoms with van der Waals surface area (Å²) in [5.74, 6) is 0.173. The van der Waals surface area contributed by atoms with Crippen molar-refractivity contribution >= 4 is 11.5 Å². The Bertz CT molecular complexity index is 424. The van der Waals surface area contributed by atoms with E-state index in [4.69, 9.17) is 14.6 Å². The molecule has 0 amide bonds. The lowest BCUT2D eigenvalue weighted by Gasteiger charge is -2.14. The van der Waals surface area contributed by atoms with Crippen molar-refractivity contribution in [1.82, 2.24) is 0 Å². The molecule has 0 heterocycles. The minimum absolute atomic E-state index is 0.0178. The van der Waals surface area contributed by atoms with E-state index in [0.717, 1.165) is 12.0 Å². The van der Waals surface area contributed by atoms with E-state index in [-0.39, 0.29) is 5.57 Å². The first kappa shape index (κ1) is 13.1. The van der Waals surface area contributed by atoms with Gasteiger partial charge in [0, 0.05) is 5.56 Å². The SMILES string of the molecule is C=C(C(=O)O)c1cc(OC)c(CC)c(OC)c1. The normalized spacial score (nSPS) is 9.82. The summed E-state index contributed by atoms with van der Waals surface area (Å²) in [6.45, 7) is 5.50. The molecule has 0 radical (unpaired) electrons. The van der Waals surface area contributed by atoms with Gasteiger partial charge in [0.2, 0.25) is 0 Å². The third-order valence-corrected chi connectivity index (χ3v) is 2.57. The second-order valence-electron chi connectivity index (χ2n) is 3.50. The van der Waals surface area contributed by atoms with Crippen molar-refractivity contribution in [3.05, 3.63) is 29.8 Å². The number of methoxy groups -OCH3 is 2. The molecule has 4 nitrogen and oxygen atoms in total. The monoisotopic (exact) mass is 236 g/mol. The molecule has 0 saturated heterocycles. The van der Waals surface area contributed by atoms with Gasteiger partial charge in [0.25, 0.3) is 0 Å². The second-order valence-corrected chi connectivity index (χ2v) is 3.50. The van der Waals surface area contributed by atoms with Crippen LogP contribution < -0.4 is 9.47 Å². The number of benzene rings is 1. The van der Waals surface area contributed by atoms with Crippen LogP contribution in [0.15, 0.2) is 18.7 Å². The molecule has 1 rings (SSSR count). The maximum Gasteiger partial charge on any atom is 0.335 e. The van der Waals surface area contributed by atoms with E-state index in [9.17, 15) is 4.79 Å². The van der Waals surface area contributed by atoms with Gasteiger partial charge in [-0.05, 0) is 24.1 Å². The van der Waals surface area contributed by atoms with Crippen LogP contribution in [0.25, 0.3) is 5.57 Å². The Morgan fingerprint density at radius 2 is 1.76 bits per heavy atom.